The summed E-state index contributed by atoms with van der Waals surface area (Å²) in [6.45, 7) is 3.02. The smallest absolute Gasteiger partial charge is 0.238 e. The number of carbonyl (C=O) groups is 1. The second kappa shape index (κ2) is 10.6. The van der Waals surface area contributed by atoms with Crippen LogP contribution < -0.4 is 10.1 Å². The minimum atomic E-state index is -0.135. The van der Waals surface area contributed by atoms with E-state index >= 15 is 0 Å². The van der Waals surface area contributed by atoms with Crippen LogP contribution in [0.4, 0.5) is 5.69 Å². The van der Waals surface area contributed by atoms with Crippen LogP contribution >= 0.6 is 11.3 Å². The van der Waals surface area contributed by atoms with Crippen LogP contribution in [0.15, 0.2) is 66.0 Å². The van der Waals surface area contributed by atoms with Crippen molar-refractivity contribution in [3.63, 3.8) is 0 Å². The molecule has 1 heterocycles. The molecule has 1 atom stereocenters. The van der Waals surface area contributed by atoms with E-state index in [0.29, 0.717) is 17.8 Å². The number of carbonyl (C=O) groups excluding carboxylic acids is 1. The number of anilines is 1. The Hall–Kier alpha value is -3.14. The predicted octanol–water partition coefficient (Wildman–Crippen LogP) is 4.70. The first-order valence-electron chi connectivity index (χ1n) is 9.77. The van der Waals surface area contributed by atoms with Gasteiger partial charge in [-0.25, -0.2) is 0 Å². The van der Waals surface area contributed by atoms with Crippen LogP contribution in [0.5, 0.6) is 5.75 Å². The zero-order chi connectivity index (χ0) is 21.3. The van der Waals surface area contributed by atoms with E-state index in [1.807, 2.05) is 36.4 Å². The van der Waals surface area contributed by atoms with Crippen LogP contribution in [0.2, 0.25) is 0 Å². The number of hydrogen-bond donors (Lipinski definition) is 1. The van der Waals surface area contributed by atoms with Crippen molar-refractivity contribution in [2.45, 2.75) is 25.9 Å². The summed E-state index contributed by atoms with van der Waals surface area (Å²) in [5.41, 5.74) is 2.11. The molecule has 30 heavy (non-hydrogen) atoms. The Morgan fingerprint density at radius 1 is 1.17 bits per heavy atom. The number of hydrogen-bond acceptors (Lipinski definition) is 5. The van der Waals surface area contributed by atoms with Gasteiger partial charge in [-0.15, -0.1) is 11.3 Å². The molecule has 0 aliphatic rings. The molecular weight excluding hydrogens is 394 g/mol. The van der Waals surface area contributed by atoms with Crippen molar-refractivity contribution < 1.29 is 9.53 Å². The molecular formula is C24H25N3O2S. The third-order valence-corrected chi connectivity index (χ3v) is 5.81. The number of para-hydroxylation sites is 1. The molecule has 0 aliphatic heterocycles. The van der Waals surface area contributed by atoms with E-state index in [9.17, 15) is 10.1 Å². The highest BCUT2D eigenvalue weighted by atomic mass is 32.1. The Labute approximate surface area is 181 Å². The molecule has 3 aromatic rings. The van der Waals surface area contributed by atoms with Gasteiger partial charge in [-0.3, -0.25) is 9.69 Å². The Morgan fingerprint density at radius 2 is 1.93 bits per heavy atom. The monoisotopic (exact) mass is 419 g/mol. The van der Waals surface area contributed by atoms with Crippen LogP contribution in [0.1, 0.15) is 22.9 Å². The second-order valence-corrected chi connectivity index (χ2v) is 8.12. The highest BCUT2D eigenvalue weighted by molar-refractivity contribution is 7.09. The van der Waals surface area contributed by atoms with E-state index in [-0.39, 0.29) is 18.5 Å². The number of methoxy groups -OCH3 is 1. The average Bonchev–Trinajstić information content (AvgIpc) is 3.27. The van der Waals surface area contributed by atoms with Crippen LogP contribution in [-0.2, 0) is 17.8 Å². The van der Waals surface area contributed by atoms with Crippen LogP contribution in [0, 0.1) is 11.3 Å². The van der Waals surface area contributed by atoms with E-state index in [1.54, 1.807) is 36.6 Å². The van der Waals surface area contributed by atoms with Gasteiger partial charge in [0.15, 0.2) is 0 Å². The van der Waals surface area contributed by atoms with Gasteiger partial charge in [0.25, 0.3) is 0 Å². The molecule has 1 amide bonds. The quantitative estimate of drug-likeness (QED) is 0.546. The van der Waals surface area contributed by atoms with E-state index in [1.165, 1.54) is 4.88 Å². The first-order chi connectivity index (χ1) is 14.6. The molecule has 1 aromatic heterocycles. The molecule has 0 spiro atoms. The first-order valence-corrected chi connectivity index (χ1v) is 10.7. The lowest BCUT2D eigenvalue weighted by Gasteiger charge is -2.28. The van der Waals surface area contributed by atoms with E-state index in [4.69, 9.17) is 4.74 Å². The fourth-order valence-electron chi connectivity index (χ4n) is 3.25. The van der Waals surface area contributed by atoms with Crippen LogP contribution in [0.25, 0.3) is 0 Å². The summed E-state index contributed by atoms with van der Waals surface area (Å²) in [4.78, 5) is 16.3. The van der Waals surface area contributed by atoms with Gasteiger partial charge in [0.05, 0.1) is 24.9 Å². The zero-order valence-electron chi connectivity index (χ0n) is 17.2. The molecule has 3 rings (SSSR count). The number of nitrogens with one attached hydrogen (secondary N) is 1. The second-order valence-electron chi connectivity index (χ2n) is 7.09. The lowest BCUT2D eigenvalue weighted by molar-refractivity contribution is -0.118. The van der Waals surface area contributed by atoms with Crippen molar-refractivity contribution >= 4 is 22.9 Å². The number of thiophene rings is 1. The average molecular weight is 420 g/mol. The van der Waals surface area contributed by atoms with Crippen molar-refractivity contribution in [2.75, 3.05) is 19.0 Å². The summed E-state index contributed by atoms with van der Waals surface area (Å²) >= 11 is 1.73. The molecule has 2 aromatic carbocycles. The van der Waals surface area contributed by atoms with Crippen molar-refractivity contribution in [1.82, 2.24) is 4.90 Å². The minimum absolute atomic E-state index is 0.135. The number of nitrogens with zero attached hydrogens (tertiary/aromatic N) is 2. The standard InChI is InChI=1S/C24H25N3O2S/c1-18(14-22-7-5-13-30-22)27(16-19-9-11-21(29-2)12-10-19)17-24(28)26-23-8-4-3-6-20(23)15-25/h3-13,18H,14,16-17H2,1-2H3,(H,26,28)/t18-/m0/s1. The third kappa shape index (κ3) is 5.93. The summed E-state index contributed by atoms with van der Waals surface area (Å²) in [6.07, 6.45) is 0.871. The summed E-state index contributed by atoms with van der Waals surface area (Å²) in [5.74, 6) is 0.673. The number of amides is 1. The Bertz CT molecular complexity index is 994. The molecule has 0 bridgehead atoms. The molecule has 0 saturated carbocycles. The maximum absolute atomic E-state index is 12.8. The van der Waals surface area contributed by atoms with Crippen molar-refractivity contribution in [2.24, 2.45) is 0 Å². The van der Waals surface area contributed by atoms with Gasteiger partial charge in [-0.05, 0) is 54.6 Å². The molecule has 0 aliphatic carbocycles. The van der Waals surface area contributed by atoms with Gasteiger partial charge in [-0.2, -0.15) is 5.26 Å². The number of benzene rings is 2. The molecule has 5 nitrogen and oxygen atoms in total. The number of ether oxygens (including phenoxy) is 1. The highest BCUT2D eigenvalue weighted by Crippen LogP contribution is 2.19. The largest absolute Gasteiger partial charge is 0.497 e. The minimum Gasteiger partial charge on any atom is -0.497 e. The van der Waals surface area contributed by atoms with Crippen molar-refractivity contribution in [3.8, 4) is 11.8 Å². The number of rotatable bonds is 9. The van der Waals surface area contributed by atoms with Crippen molar-refractivity contribution in [3.05, 3.63) is 82.0 Å². The molecule has 0 saturated heterocycles. The van der Waals surface area contributed by atoms with Gasteiger partial charge in [0, 0.05) is 17.5 Å². The van der Waals surface area contributed by atoms with E-state index < -0.39 is 0 Å². The molecule has 0 fully saturated rings. The predicted molar refractivity (Wildman–Crippen MR) is 121 cm³/mol. The third-order valence-electron chi connectivity index (χ3n) is 4.91. The first kappa shape index (κ1) is 21.6. The summed E-state index contributed by atoms with van der Waals surface area (Å²) in [5, 5.41) is 14.2. The van der Waals surface area contributed by atoms with Crippen LogP contribution in [-0.4, -0.2) is 30.5 Å². The molecule has 0 unspecified atom stereocenters. The molecule has 6 heteroatoms. The highest BCUT2D eigenvalue weighted by Gasteiger charge is 2.19. The lowest BCUT2D eigenvalue weighted by Crippen LogP contribution is -2.40. The summed E-state index contributed by atoms with van der Waals surface area (Å²) in [6, 6.07) is 21.4. The Morgan fingerprint density at radius 3 is 2.60 bits per heavy atom. The van der Waals surface area contributed by atoms with Gasteiger partial charge >= 0.3 is 0 Å². The van der Waals surface area contributed by atoms with E-state index in [0.717, 1.165) is 17.7 Å². The summed E-state index contributed by atoms with van der Waals surface area (Å²) in [7, 11) is 1.65. The van der Waals surface area contributed by atoms with Crippen molar-refractivity contribution in [1.29, 1.82) is 5.26 Å². The maximum Gasteiger partial charge on any atom is 0.238 e. The van der Waals surface area contributed by atoms with Crippen LogP contribution in [0.3, 0.4) is 0 Å². The van der Waals surface area contributed by atoms with Gasteiger partial charge in [0.1, 0.15) is 11.8 Å². The maximum atomic E-state index is 12.8. The fraction of sp³-hybridized carbons (Fsp3) is 0.250. The van der Waals surface area contributed by atoms with Gasteiger partial charge < -0.3 is 10.1 Å². The van der Waals surface area contributed by atoms with E-state index in [2.05, 4.69) is 34.7 Å². The Kier molecular flexibility index (Phi) is 7.61. The lowest BCUT2D eigenvalue weighted by atomic mass is 10.1. The van der Waals surface area contributed by atoms with Gasteiger partial charge in [0.2, 0.25) is 5.91 Å². The SMILES string of the molecule is COc1ccc(CN(CC(=O)Nc2ccccc2C#N)[C@@H](C)Cc2cccs2)cc1. The molecule has 154 valence electrons. The molecule has 1 N–H and O–H groups in total. The number of nitriles is 1. The molecule has 0 radical (unpaired) electrons. The zero-order valence-corrected chi connectivity index (χ0v) is 18.0. The summed E-state index contributed by atoms with van der Waals surface area (Å²) < 4.78 is 5.24. The topological polar surface area (TPSA) is 65.4 Å². The van der Waals surface area contributed by atoms with Gasteiger partial charge in [-0.1, -0.05) is 30.3 Å². The normalized spacial score (nSPS) is 11.7. The fourth-order valence-corrected chi connectivity index (χ4v) is 4.07. The Balaban J connectivity index is 1.73.